The van der Waals surface area contributed by atoms with Gasteiger partial charge in [-0.05, 0) is 43.7 Å². The summed E-state index contributed by atoms with van der Waals surface area (Å²) in [5.74, 6) is 0.391. The van der Waals surface area contributed by atoms with Crippen molar-refractivity contribution in [3.05, 3.63) is 35.5 Å². The monoisotopic (exact) mass is 284 g/mol. The minimum atomic E-state index is 0.161. The second-order valence-corrected chi connectivity index (χ2v) is 6.09. The van der Waals surface area contributed by atoms with E-state index in [2.05, 4.69) is 48.4 Å². The summed E-state index contributed by atoms with van der Waals surface area (Å²) in [7, 11) is 0. The van der Waals surface area contributed by atoms with E-state index in [-0.39, 0.29) is 17.9 Å². The van der Waals surface area contributed by atoms with E-state index in [4.69, 9.17) is 0 Å². The van der Waals surface area contributed by atoms with Gasteiger partial charge < -0.3 is 10.3 Å². The number of aromatic amines is 1. The van der Waals surface area contributed by atoms with Crippen molar-refractivity contribution < 1.29 is 4.79 Å². The molecule has 0 fully saturated rings. The van der Waals surface area contributed by atoms with Gasteiger partial charge in [-0.15, -0.1) is 0 Å². The Bertz CT molecular complexity index is 640. The number of fused-ring (bicyclic) bond motifs is 3. The Labute approximate surface area is 126 Å². The Hall–Kier alpha value is -1.77. The normalized spacial score (nSPS) is 18.0. The van der Waals surface area contributed by atoms with Gasteiger partial charge in [0.15, 0.2) is 0 Å². The van der Waals surface area contributed by atoms with Crippen LogP contribution in [0.2, 0.25) is 0 Å². The van der Waals surface area contributed by atoms with Crippen LogP contribution in [0.1, 0.15) is 44.4 Å². The van der Waals surface area contributed by atoms with E-state index in [1.807, 2.05) is 0 Å². The van der Waals surface area contributed by atoms with E-state index in [1.165, 1.54) is 22.2 Å². The lowest BCUT2D eigenvalue weighted by Gasteiger charge is -2.25. The van der Waals surface area contributed by atoms with Crippen molar-refractivity contribution in [2.24, 2.45) is 5.92 Å². The Balaban J connectivity index is 1.76. The number of aromatic nitrogens is 1. The zero-order valence-electron chi connectivity index (χ0n) is 12.9. The van der Waals surface area contributed by atoms with Gasteiger partial charge in [0.2, 0.25) is 5.91 Å². The summed E-state index contributed by atoms with van der Waals surface area (Å²) in [6.45, 7) is 4.18. The molecule has 1 aliphatic rings. The summed E-state index contributed by atoms with van der Waals surface area (Å²) in [6.07, 6.45) is 4.86. The van der Waals surface area contributed by atoms with Crippen molar-refractivity contribution in [1.82, 2.24) is 10.3 Å². The number of hydrogen-bond acceptors (Lipinski definition) is 1. The summed E-state index contributed by atoms with van der Waals surface area (Å²) in [4.78, 5) is 15.8. The van der Waals surface area contributed by atoms with Gasteiger partial charge in [0, 0.05) is 28.6 Å². The highest BCUT2D eigenvalue weighted by Crippen LogP contribution is 2.29. The summed E-state index contributed by atoms with van der Waals surface area (Å²) < 4.78 is 0. The van der Waals surface area contributed by atoms with E-state index in [0.717, 1.165) is 32.1 Å². The minimum Gasteiger partial charge on any atom is -0.358 e. The molecule has 0 saturated heterocycles. The van der Waals surface area contributed by atoms with Gasteiger partial charge in [-0.25, -0.2) is 0 Å². The van der Waals surface area contributed by atoms with E-state index in [0.29, 0.717) is 0 Å². The Morgan fingerprint density at radius 1 is 1.33 bits per heavy atom. The van der Waals surface area contributed by atoms with Gasteiger partial charge in [0.05, 0.1) is 0 Å². The SMILES string of the molecule is CCC(CC)C(=O)NC1CCc2[nH]c3ccccc3c2C1. The maximum atomic E-state index is 12.3. The quantitative estimate of drug-likeness (QED) is 0.885. The number of benzene rings is 1. The number of carbonyl (C=O) groups excluding carboxylic acids is 1. The highest BCUT2D eigenvalue weighted by molar-refractivity contribution is 5.85. The lowest BCUT2D eigenvalue weighted by atomic mass is 9.90. The lowest BCUT2D eigenvalue weighted by Crippen LogP contribution is -2.41. The first-order valence-corrected chi connectivity index (χ1v) is 8.11. The molecule has 0 aliphatic heterocycles. The highest BCUT2D eigenvalue weighted by atomic mass is 16.1. The number of amides is 1. The second-order valence-electron chi connectivity index (χ2n) is 6.09. The smallest absolute Gasteiger partial charge is 0.223 e. The van der Waals surface area contributed by atoms with Crippen LogP contribution in [0.25, 0.3) is 10.9 Å². The molecule has 1 aromatic heterocycles. The number of aryl methyl sites for hydroxylation is 1. The maximum Gasteiger partial charge on any atom is 0.223 e. The summed E-state index contributed by atoms with van der Waals surface area (Å²) in [5.41, 5.74) is 3.96. The molecule has 1 aliphatic carbocycles. The predicted octanol–water partition coefficient (Wildman–Crippen LogP) is 3.58. The number of carbonyl (C=O) groups is 1. The first-order valence-electron chi connectivity index (χ1n) is 8.11. The van der Waals surface area contributed by atoms with Crippen LogP contribution in [0.15, 0.2) is 24.3 Å². The van der Waals surface area contributed by atoms with E-state index in [1.54, 1.807) is 0 Å². The fraction of sp³-hybridized carbons (Fsp3) is 0.500. The van der Waals surface area contributed by atoms with Gasteiger partial charge in [0.1, 0.15) is 0 Å². The van der Waals surface area contributed by atoms with Crippen molar-refractivity contribution in [2.75, 3.05) is 0 Å². The summed E-state index contributed by atoms with van der Waals surface area (Å²) >= 11 is 0. The first kappa shape index (κ1) is 14.2. The molecule has 112 valence electrons. The van der Waals surface area contributed by atoms with Crippen LogP contribution in [0.3, 0.4) is 0 Å². The molecule has 1 atom stereocenters. The fourth-order valence-electron chi connectivity index (χ4n) is 3.47. The number of nitrogens with one attached hydrogen (secondary N) is 2. The maximum absolute atomic E-state index is 12.3. The topological polar surface area (TPSA) is 44.9 Å². The molecule has 0 saturated carbocycles. The molecule has 3 nitrogen and oxygen atoms in total. The third-order valence-corrected chi connectivity index (χ3v) is 4.80. The molecule has 1 unspecified atom stereocenters. The predicted molar refractivity (Wildman–Crippen MR) is 86.3 cm³/mol. The zero-order valence-corrected chi connectivity index (χ0v) is 12.9. The Morgan fingerprint density at radius 3 is 2.86 bits per heavy atom. The van der Waals surface area contributed by atoms with Crippen LogP contribution in [-0.4, -0.2) is 16.9 Å². The van der Waals surface area contributed by atoms with Crippen LogP contribution in [0.5, 0.6) is 0 Å². The van der Waals surface area contributed by atoms with Crippen LogP contribution in [-0.2, 0) is 17.6 Å². The van der Waals surface area contributed by atoms with Crippen LogP contribution in [0.4, 0.5) is 0 Å². The molecule has 0 radical (unpaired) electrons. The molecule has 21 heavy (non-hydrogen) atoms. The third-order valence-electron chi connectivity index (χ3n) is 4.80. The van der Waals surface area contributed by atoms with Gasteiger partial charge in [-0.1, -0.05) is 32.0 Å². The van der Waals surface area contributed by atoms with Crippen LogP contribution < -0.4 is 5.32 Å². The molecule has 0 bridgehead atoms. The minimum absolute atomic E-state index is 0.161. The number of para-hydroxylation sites is 1. The van der Waals surface area contributed by atoms with E-state index < -0.39 is 0 Å². The first-order chi connectivity index (χ1) is 10.2. The molecular formula is C18H24N2O. The van der Waals surface area contributed by atoms with Crippen molar-refractivity contribution in [1.29, 1.82) is 0 Å². The molecule has 3 heteroatoms. The van der Waals surface area contributed by atoms with Crippen molar-refractivity contribution in [3.63, 3.8) is 0 Å². The van der Waals surface area contributed by atoms with Crippen molar-refractivity contribution in [3.8, 4) is 0 Å². The van der Waals surface area contributed by atoms with Crippen molar-refractivity contribution >= 4 is 16.8 Å². The number of rotatable bonds is 4. The number of hydrogen-bond donors (Lipinski definition) is 2. The average Bonchev–Trinajstić information content (AvgIpc) is 2.86. The molecule has 1 amide bonds. The van der Waals surface area contributed by atoms with Gasteiger partial charge in [-0.2, -0.15) is 0 Å². The largest absolute Gasteiger partial charge is 0.358 e. The van der Waals surface area contributed by atoms with Gasteiger partial charge >= 0.3 is 0 Å². The molecule has 2 aromatic rings. The average molecular weight is 284 g/mol. The lowest BCUT2D eigenvalue weighted by molar-refractivity contribution is -0.126. The molecular weight excluding hydrogens is 260 g/mol. The van der Waals surface area contributed by atoms with Crippen molar-refractivity contribution in [2.45, 2.75) is 52.0 Å². The highest BCUT2D eigenvalue weighted by Gasteiger charge is 2.25. The standard InChI is InChI=1S/C18H24N2O/c1-3-12(4-2)18(21)19-13-9-10-17-15(11-13)14-7-5-6-8-16(14)20-17/h5-8,12-13,20H,3-4,9-11H2,1-2H3,(H,19,21). The van der Waals surface area contributed by atoms with E-state index in [9.17, 15) is 4.79 Å². The third kappa shape index (κ3) is 2.69. The molecule has 0 spiro atoms. The van der Waals surface area contributed by atoms with Crippen LogP contribution >= 0.6 is 0 Å². The molecule has 1 heterocycles. The second kappa shape index (κ2) is 5.92. The van der Waals surface area contributed by atoms with Gasteiger partial charge in [-0.3, -0.25) is 4.79 Å². The summed E-state index contributed by atoms with van der Waals surface area (Å²) in [5, 5.41) is 4.58. The van der Waals surface area contributed by atoms with E-state index >= 15 is 0 Å². The zero-order chi connectivity index (χ0) is 14.8. The molecule has 1 aromatic carbocycles. The molecule has 2 N–H and O–H groups in total. The fourth-order valence-corrected chi connectivity index (χ4v) is 3.47. The van der Waals surface area contributed by atoms with Crippen LogP contribution in [0, 0.1) is 5.92 Å². The summed E-state index contributed by atoms with van der Waals surface area (Å²) in [6, 6.07) is 8.74. The van der Waals surface area contributed by atoms with Gasteiger partial charge in [0.25, 0.3) is 0 Å². The number of H-pyrrole nitrogens is 1. The Morgan fingerprint density at radius 2 is 2.10 bits per heavy atom. The Kier molecular flexibility index (Phi) is 4.00. The molecule has 3 rings (SSSR count).